The Hall–Kier alpha value is -2.93. The molecule has 0 radical (unpaired) electrons. The third kappa shape index (κ3) is 6.07. The van der Waals surface area contributed by atoms with Crippen LogP contribution in [-0.4, -0.2) is 35.7 Å². The fourth-order valence-electron chi connectivity index (χ4n) is 12.1. The van der Waals surface area contributed by atoms with Crippen molar-refractivity contribution in [1.82, 2.24) is 0 Å². The van der Waals surface area contributed by atoms with E-state index in [1.54, 1.807) is 23.8 Å². The zero-order valence-corrected chi connectivity index (χ0v) is 31.9. The number of allylic oxidation sites excluding steroid dienone is 2. The lowest BCUT2D eigenvalue weighted by Gasteiger charge is -2.71. The molecule has 1 aromatic carbocycles. The first kappa shape index (κ1) is 36.8. The van der Waals surface area contributed by atoms with Gasteiger partial charge in [0.1, 0.15) is 0 Å². The summed E-state index contributed by atoms with van der Waals surface area (Å²) in [6, 6.07) is 4.78. The Bertz CT molecular complexity index is 1610. The van der Waals surface area contributed by atoms with Crippen LogP contribution in [0.25, 0.3) is 6.08 Å². The highest BCUT2D eigenvalue weighted by molar-refractivity contribution is 5.87. The van der Waals surface area contributed by atoms with E-state index >= 15 is 0 Å². The van der Waals surface area contributed by atoms with Gasteiger partial charge in [-0.05, 0) is 133 Å². The third-order valence-corrected chi connectivity index (χ3v) is 15.4. The van der Waals surface area contributed by atoms with Crippen LogP contribution in [0, 0.1) is 50.2 Å². The molecule has 4 saturated carbocycles. The standard InChI is InChI=1S/C43H60O7/c1-27(44)49-32-13-10-29(24-33(32)50-28(2)45)11-15-37(47)48-26-39(5)20-21-40(6)22-23-42(8)30(31(40)25-39)12-14-35-41(7)18-17-36(46)38(3,4)34(41)16-19-43(35,42)9/h10-13,15,24,31,34-36,46H,14,16-23,25-26H2,1-9H3. The third-order valence-electron chi connectivity index (χ3n) is 15.4. The van der Waals surface area contributed by atoms with Crippen LogP contribution in [-0.2, 0) is 19.1 Å². The average Bonchev–Trinajstić information content (AvgIpc) is 3.03. The first-order valence-corrected chi connectivity index (χ1v) is 19.0. The van der Waals surface area contributed by atoms with E-state index in [0.717, 1.165) is 38.5 Å². The van der Waals surface area contributed by atoms with E-state index in [0.29, 0.717) is 29.9 Å². The number of benzene rings is 1. The second-order valence-electron chi connectivity index (χ2n) is 18.7. The largest absolute Gasteiger partial charge is 0.462 e. The van der Waals surface area contributed by atoms with Crippen LogP contribution in [0.1, 0.15) is 132 Å². The molecule has 7 heteroatoms. The van der Waals surface area contributed by atoms with E-state index in [1.165, 1.54) is 51.7 Å². The maximum absolute atomic E-state index is 13.0. The minimum Gasteiger partial charge on any atom is -0.462 e. The number of fused-ring (bicyclic) bond motifs is 7. The average molecular weight is 689 g/mol. The van der Waals surface area contributed by atoms with Gasteiger partial charge in [-0.3, -0.25) is 9.59 Å². The highest BCUT2D eigenvalue weighted by Crippen LogP contribution is 2.75. The van der Waals surface area contributed by atoms with E-state index in [4.69, 9.17) is 14.2 Å². The zero-order valence-electron chi connectivity index (χ0n) is 31.9. The molecule has 0 bridgehead atoms. The van der Waals surface area contributed by atoms with Crippen LogP contribution in [0.15, 0.2) is 35.9 Å². The van der Waals surface area contributed by atoms with Gasteiger partial charge in [0.2, 0.25) is 0 Å². The van der Waals surface area contributed by atoms with Crippen molar-refractivity contribution in [3.63, 3.8) is 0 Å². The number of hydrogen-bond donors (Lipinski definition) is 1. The van der Waals surface area contributed by atoms with Gasteiger partial charge < -0.3 is 19.3 Å². The van der Waals surface area contributed by atoms with Crippen LogP contribution < -0.4 is 9.47 Å². The summed E-state index contributed by atoms with van der Waals surface area (Å²) in [7, 11) is 0. The van der Waals surface area contributed by atoms with Crippen molar-refractivity contribution in [2.24, 2.45) is 50.2 Å². The van der Waals surface area contributed by atoms with E-state index in [-0.39, 0.29) is 50.1 Å². The molecule has 0 heterocycles. The topological polar surface area (TPSA) is 99.1 Å². The Morgan fingerprint density at radius 3 is 2.22 bits per heavy atom. The summed E-state index contributed by atoms with van der Waals surface area (Å²) in [5.41, 5.74) is 2.98. The molecule has 50 heavy (non-hydrogen) atoms. The molecule has 5 aliphatic carbocycles. The number of rotatable bonds is 6. The number of aliphatic hydroxyl groups is 1. The minimum absolute atomic E-state index is 0.0507. The summed E-state index contributed by atoms with van der Waals surface area (Å²) in [6.45, 7) is 20.2. The number of carbonyl (C=O) groups is 3. The van der Waals surface area contributed by atoms with Crippen molar-refractivity contribution in [3.05, 3.63) is 41.5 Å². The van der Waals surface area contributed by atoms with E-state index < -0.39 is 17.9 Å². The van der Waals surface area contributed by atoms with Crippen molar-refractivity contribution in [1.29, 1.82) is 0 Å². The van der Waals surface area contributed by atoms with Crippen molar-refractivity contribution in [2.45, 2.75) is 133 Å². The van der Waals surface area contributed by atoms with Gasteiger partial charge in [0, 0.05) is 25.3 Å². The number of carbonyl (C=O) groups excluding carboxylic acids is 3. The van der Waals surface area contributed by atoms with Crippen LogP contribution in [0.3, 0.4) is 0 Å². The van der Waals surface area contributed by atoms with E-state index in [2.05, 4.69) is 54.5 Å². The van der Waals surface area contributed by atoms with E-state index in [9.17, 15) is 19.5 Å². The predicted molar refractivity (Wildman–Crippen MR) is 194 cm³/mol. The van der Waals surface area contributed by atoms with Crippen LogP contribution in [0.5, 0.6) is 11.5 Å². The van der Waals surface area contributed by atoms with Crippen LogP contribution >= 0.6 is 0 Å². The molecule has 1 N–H and O–H groups in total. The lowest BCUT2D eigenvalue weighted by molar-refractivity contribution is -0.203. The number of esters is 3. The molecule has 9 atom stereocenters. The molecule has 274 valence electrons. The normalized spacial score (nSPS) is 40.3. The van der Waals surface area contributed by atoms with Gasteiger partial charge in [0.15, 0.2) is 11.5 Å². The minimum atomic E-state index is -0.539. The SMILES string of the molecule is CC(=O)Oc1ccc(C=CC(=O)OCC2(C)CCC3(C)CCC4(C)C(=CCC5C6(C)CCC(O)C(C)(C)C6CCC54C)C3C2)cc1OC(C)=O. The van der Waals surface area contributed by atoms with Gasteiger partial charge in [-0.2, -0.15) is 0 Å². The summed E-state index contributed by atoms with van der Waals surface area (Å²) >= 11 is 0. The van der Waals surface area contributed by atoms with Crippen molar-refractivity contribution >= 4 is 24.0 Å². The van der Waals surface area contributed by atoms with Crippen molar-refractivity contribution in [2.75, 3.05) is 6.61 Å². The molecular weight excluding hydrogens is 628 g/mol. The molecular formula is C43H60O7. The molecule has 5 aliphatic rings. The second-order valence-corrected chi connectivity index (χ2v) is 18.7. The first-order valence-electron chi connectivity index (χ1n) is 19.0. The van der Waals surface area contributed by atoms with Gasteiger partial charge in [0.25, 0.3) is 0 Å². The number of ether oxygens (including phenoxy) is 3. The fraction of sp³-hybridized carbons (Fsp3) is 0.698. The Morgan fingerprint density at radius 1 is 0.840 bits per heavy atom. The van der Waals surface area contributed by atoms with Gasteiger partial charge in [0.05, 0.1) is 12.7 Å². The molecule has 0 amide bonds. The molecule has 0 aliphatic heterocycles. The molecule has 0 spiro atoms. The van der Waals surface area contributed by atoms with Gasteiger partial charge in [-0.25, -0.2) is 4.79 Å². The molecule has 6 rings (SSSR count). The van der Waals surface area contributed by atoms with E-state index in [1.807, 2.05) is 0 Å². The quantitative estimate of drug-likeness (QED) is 0.138. The Balaban J connectivity index is 1.17. The lowest BCUT2D eigenvalue weighted by Crippen LogP contribution is -2.64. The molecule has 7 nitrogen and oxygen atoms in total. The fourth-order valence-corrected chi connectivity index (χ4v) is 12.1. The van der Waals surface area contributed by atoms with Gasteiger partial charge in [-0.15, -0.1) is 0 Å². The monoisotopic (exact) mass is 688 g/mol. The number of hydrogen-bond acceptors (Lipinski definition) is 7. The maximum Gasteiger partial charge on any atom is 0.330 e. The second kappa shape index (κ2) is 12.6. The highest BCUT2D eigenvalue weighted by atomic mass is 16.6. The molecule has 0 saturated heterocycles. The number of aliphatic hydroxyl groups excluding tert-OH is 1. The van der Waals surface area contributed by atoms with Crippen molar-refractivity contribution in [3.8, 4) is 11.5 Å². The summed E-state index contributed by atoms with van der Waals surface area (Å²) in [6.07, 6.45) is 16.7. The Kier molecular flexibility index (Phi) is 9.31. The zero-order chi connectivity index (χ0) is 36.5. The van der Waals surface area contributed by atoms with Crippen molar-refractivity contribution < 1.29 is 33.7 Å². The molecule has 4 fully saturated rings. The predicted octanol–water partition coefficient (Wildman–Crippen LogP) is 9.26. The van der Waals surface area contributed by atoms with Crippen LogP contribution in [0.4, 0.5) is 0 Å². The summed E-state index contributed by atoms with van der Waals surface area (Å²) in [4.78, 5) is 36.1. The van der Waals surface area contributed by atoms with Gasteiger partial charge >= 0.3 is 17.9 Å². The smallest absolute Gasteiger partial charge is 0.330 e. The Morgan fingerprint density at radius 2 is 1.52 bits per heavy atom. The summed E-state index contributed by atoms with van der Waals surface area (Å²) in [5.74, 6) is 0.404. The first-order chi connectivity index (χ1) is 23.3. The molecule has 1 aromatic rings. The Labute approximate surface area is 299 Å². The maximum atomic E-state index is 13.0. The van der Waals surface area contributed by atoms with Crippen LogP contribution in [0.2, 0.25) is 0 Å². The molecule has 0 aromatic heterocycles. The summed E-state index contributed by atoms with van der Waals surface area (Å²) in [5, 5.41) is 11.0. The van der Waals surface area contributed by atoms with Gasteiger partial charge in [-0.1, -0.05) is 66.2 Å². The lowest BCUT2D eigenvalue weighted by atomic mass is 9.33. The summed E-state index contributed by atoms with van der Waals surface area (Å²) < 4.78 is 16.3. The molecule has 9 unspecified atom stereocenters. The highest BCUT2D eigenvalue weighted by Gasteiger charge is 2.68.